The van der Waals surface area contributed by atoms with Gasteiger partial charge in [0.15, 0.2) is 11.4 Å². The SMILES string of the molecule is CC(=O)Nc1cccc(C(CNC(=O)O)NC(=O)c2c(C)nc3c(OCc4c(F)cccc4F)cc(C)cn23)c1.O=C(O)C(F)(F)F. The van der Waals surface area contributed by atoms with Gasteiger partial charge in [0.2, 0.25) is 5.91 Å². The minimum Gasteiger partial charge on any atom is -0.485 e. The number of nitrogens with zero attached hydrogens (tertiary/aromatic N) is 2. The van der Waals surface area contributed by atoms with Crippen molar-refractivity contribution < 1.29 is 56.1 Å². The van der Waals surface area contributed by atoms with Crippen LogP contribution in [0, 0.1) is 25.5 Å². The molecule has 0 saturated heterocycles. The van der Waals surface area contributed by atoms with Gasteiger partial charge in [0.1, 0.15) is 23.9 Å². The summed E-state index contributed by atoms with van der Waals surface area (Å²) < 4.78 is 67.3. The molecule has 1 atom stereocenters. The number of anilines is 1. The third-order valence-corrected chi connectivity index (χ3v) is 6.26. The Bertz CT molecular complexity index is 1790. The first kappa shape index (κ1) is 35.7. The number of pyridine rings is 1. The molecule has 0 saturated carbocycles. The summed E-state index contributed by atoms with van der Waals surface area (Å²) in [5.41, 5.74) is 2.26. The van der Waals surface area contributed by atoms with Crippen molar-refractivity contribution >= 4 is 35.2 Å². The third kappa shape index (κ3) is 9.62. The number of amides is 3. The third-order valence-electron chi connectivity index (χ3n) is 6.26. The molecule has 0 aliphatic rings. The van der Waals surface area contributed by atoms with Crippen molar-refractivity contribution in [2.24, 2.45) is 0 Å². The summed E-state index contributed by atoms with van der Waals surface area (Å²) in [7, 11) is 0. The molecule has 47 heavy (non-hydrogen) atoms. The lowest BCUT2D eigenvalue weighted by Crippen LogP contribution is -2.38. The van der Waals surface area contributed by atoms with Crippen molar-refractivity contribution in [3.8, 4) is 5.75 Å². The predicted octanol–water partition coefficient (Wildman–Crippen LogP) is 5.14. The fraction of sp³-hybridized carbons (Fsp3) is 0.233. The molecule has 12 nitrogen and oxygen atoms in total. The van der Waals surface area contributed by atoms with Gasteiger partial charge in [-0.1, -0.05) is 18.2 Å². The average molecular weight is 666 g/mol. The fourth-order valence-corrected chi connectivity index (χ4v) is 4.26. The highest BCUT2D eigenvalue weighted by Gasteiger charge is 2.38. The lowest BCUT2D eigenvalue weighted by Gasteiger charge is -2.20. The number of hydrogen-bond donors (Lipinski definition) is 5. The van der Waals surface area contributed by atoms with E-state index in [1.807, 2.05) is 0 Å². The van der Waals surface area contributed by atoms with Crippen molar-refractivity contribution in [1.29, 1.82) is 0 Å². The van der Waals surface area contributed by atoms with Gasteiger partial charge in [-0.15, -0.1) is 0 Å². The van der Waals surface area contributed by atoms with Crippen LogP contribution in [0.15, 0.2) is 54.7 Å². The number of fused-ring (bicyclic) bond motifs is 1. The molecule has 0 aliphatic heterocycles. The van der Waals surface area contributed by atoms with E-state index in [1.165, 1.54) is 17.4 Å². The van der Waals surface area contributed by atoms with Crippen molar-refractivity contribution in [1.82, 2.24) is 20.0 Å². The van der Waals surface area contributed by atoms with Crippen LogP contribution in [-0.4, -0.2) is 56.2 Å². The molecular formula is C30H28F5N5O7. The second-order valence-electron chi connectivity index (χ2n) is 9.93. The first-order chi connectivity index (χ1) is 22.0. The van der Waals surface area contributed by atoms with E-state index in [1.54, 1.807) is 50.4 Å². The van der Waals surface area contributed by atoms with Crippen molar-refractivity contribution in [3.05, 3.63) is 94.4 Å². The van der Waals surface area contributed by atoms with Crippen LogP contribution >= 0.6 is 0 Å². The Morgan fingerprint density at radius 3 is 2.19 bits per heavy atom. The van der Waals surface area contributed by atoms with Crippen molar-refractivity contribution in [2.75, 3.05) is 11.9 Å². The van der Waals surface area contributed by atoms with Crippen molar-refractivity contribution in [3.63, 3.8) is 0 Å². The number of halogens is 5. The monoisotopic (exact) mass is 665 g/mol. The number of hydrogen-bond acceptors (Lipinski definition) is 6. The largest absolute Gasteiger partial charge is 0.490 e. The van der Waals surface area contributed by atoms with Gasteiger partial charge in [0, 0.05) is 25.4 Å². The summed E-state index contributed by atoms with van der Waals surface area (Å²) in [5.74, 6) is -4.86. The Balaban J connectivity index is 0.000000771. The maximum atomic E-state index is 14.1. The van der Waals surface area contributed by atoms with Crippen molar-refractivity contribution in [2.45, 2.75) is 39.6 Å². The Labute approximate surface area is 263 Å². The number of benzene rings is 2. The summed E-state index contributed by atoms with van der Waals surface area (Å²) >= 11 is 0. The van der Waals surface area contributed by atoms with E-state index in [9.17, 15) is 36.3 Å². The molecule has 5 N–H and O–H groups in total. The smallest absolute Gasteiger partial charge is 0.485 e. The van der Waals surface area contributed by atoms with E-state index in [4.69, 9.17) is 19.7 Å². The minimum atomic E-state index is -5.08. The summed E-state index contributed by atoms with van der Waals surface area (Å²) in [6.07, 6.45) is -4.69. The molecule has 250 valence electrons. The summed E-state index contributed by atoms with van der Waals surface area (Å²) in [6.45, 7) is 4.21. The zero-order valence-electron chi connectivity index (χ0n) is 24.9. The van der Waals surface area contributed by atoms with Crippen LogP contribution in [0.3, 0.4) is 0 Å². The molecule has 0 bridgehead atoms. The highest BCUT2D eigenvalue weighted by atomic mass is 19.4. The van der Waals surface area contributed by atoms with E-state index in [0.717, 1.165) is 12.1 Å². The van der Waals surface area contributed by atoms with Gasteiger partial charge in [0.25, 0.3) is 5.91 Å². The molecular weight excluding hydrogens is 637 g/mol. The van der Waals surface area contributed by atoms with Crippen LogP contribution < -0.4 is 20.7 Å². The van der Waals surface area contributed by atoms with E-state index in [0.29, 0.717) is 22.5 Å². The second kappa shape index (κ2) is 15.0. The summed E-state index contributed by atoms with van der Waals surface area (Å²) in [5, 5.41) is 24.1. The molecule has 2 heterocycles. The highest BCUT2D eigenvalue weighted by Crippen LogP contribution is 2.27. The number of carboxylic acids is 1. The lowest BCUT2D eigenvalue weighted by atomic mass is 10.1. The van der Waals surface area contributed by atoms with Gasteiger partial charge in [0.05, 0.1) is 17.3 Å². The van der Waals surface area contributed by atoms with Crippen LogP contribution in [0.4, 0.5) is 32.4 Å². The molecule has 2 aromatic carbocycles. The number of aliphatic carboxylic acids is 1. The number of carboxylic acid groups (broad SMARTS) is 2. The first-order valence-corrected chi connectivity index (χ1v) is 13.5. The van der Waals surface area contributed by atoms with Crippen LogP contribution in [-0.2, 0) is 16.2 Å². The van der Waals surface area contributed by atoms with Crippen LogP contribution in [0.5, 0.6) is 5.75 Å². The fourth-order valence-electron chi connectivity index (χ4n) is 4.26. The topological polar surface area (TPSA) is 171 Å². The van der Waals surface area contributed by atoms with Gasteiger partial charge in [-0.3, -0.25) is 14.0 Å². The van der Waals surface area contributed by atoms with E-state index in [2.05, 4.69) is 20.9 Å². The predicted molar refractivity (Wildman–Crippen MR) is 156 cm³/mol. The quantitative estimate of drug-likeness (QED) is 0.153. The number of aryl methyl sites for hydroxylation is 2. The molecule has 4 aromatic rings. The number of alkyl halides is 3. The van der Waals surface area contributed by atoms with Crippen LogP contribution in [0.25, 0.3) is 5.65 Å². The zero-order valence-corrected chi connectivity index (χ0v) is 24.9. The average Bonchev–Trinajstić information content (AvgIpc) is 3.30. The molecule has 0 aliphatic carbocycles. The molecule has 3 amide bonds. The highest BCUT2D eigenvalue weighted by molar-refractivity contribution is 5.95. The maximum Gasteiger partial charge on any atom is 0.490 e. The summed E-state index contributed by atoms with van der Waals surface area (Å²) in [6, 6.07) is 11.0. The number of aromatic nitrogens is 2. The van der Waals surface area contributed by atoms with Crippen LogP contribution in [0.1, 0.15) is 45.8 Å². The lowest BCUT2D eigenvalue weighted by molar-refractivity contribution is -0.192. The first-order valence-electron chi connectivity index (χ1n) is 13.5. The molecule has 0 spiro atoms. The number of carbonyl (C=O) groups excluding carboxylic acids is 2. The molecule has 0 fully saturated rings. The van der Waals surface area contributed by atoms with Gasteiger partial charge >= 0.3 is 18.2 Å². The standard InChI is InChI=1S/C28H27F2N5O5.C2HF3O2/c1-15-10-24(40-14-20-21(29)8-5-9-22(20)30)26-32-16(2)25(35(26)13-15)27(37)34-23(12-31-28(38)39)18-6-4-7-19(11-18)33-17(3)36;3-2(4,5)1(6)7/h4-11,13,23,31H,12,14H2,1-3H3,(H,33,36)(H,34,37)(H,38,39);(H,6,7). The Morgan fingerprint density at radius 2 is 1.62 bits per heavy atom. The Morgan fingerprint density at radius 1 is 1.00 bits per heavy atom. The molecule has 17 heteroatoms. The Hall–Kier alpha value is -5.74. The molecule has 1 unspecified atom stereocenters. The van der Waals surface area contributed by atoms with Crippen LogP contribution in [0.2, 0.25) is 0 Å². The van der Waals surface area contributed by atoms with Gasteiger partial charge in [-0.05, 0) is 55.3 Å². The van der Waals surface area contributed by atoms with E-state index >= 15 is 0 Å². The minimum absolute atomic E-state index is 0.151. The van der Waals surface area contributed by atoms with Gasteiger partial charge in [-0.25, -0.2) is 23.4 Å². The number of ether oxygens (including phenoxy) is 1. The molecule has 4 rings (SSSR count). The Kier molecular flexibility index (Phi) is 11.4. The number of rotatable bonds is 9. The molecule has 2 aromatic heterocycles. The van der Waals surface area contributed by atoms with E-state index < -0.39 is 48.4 Å². The molecule has 0 radical (unpaired) electrons. The normalized spacial score (nSPS) is 11.6. The number of carbonyl (C=O) groups is 4. The number of imidazole rings is 1. The zero-order chi connectivity index (χ0) is 35.1. The number of nitrogens with one attached hydrogen (secondary N) is 3. The van der Waals surface area contributed by atoms with Gasteiger partial charge < -0.3 is 30.9 Å². The second-order valence-corrected chi connectivity index (χ2v) is 9.93. The van der Waals surface area contributed by atoms with Gasteiger partial charge in [-0.2, -0.15) is 13.2 Å². The summed E-state index contributed by atoms with van der Waals surface area (Å²) in [4.78, 5) is 49.6. The van der Waals surface area contributed by atoms with E-state index in [-0.39, 0.29) is 35.1 Å². The maximum absolute atomic E-state index is 14.1.